The van der Waals surface area contributed by atoms with Gasteiger partial charge in [-0.2, -0.15) is 0 Å². The van der Waals surface area contributed by atoms with Crippen molar-refractivity contribution in [1.82, 2.24) is 0 Å². The van der Waals surface area contributed by atoms with E-state index in [0.717, 1.165) is 10.0 Å². The van der Waals surface area contributed by atoms with E-state index in [1.807, 2.05) is 0 Å². The topological polar surface area (TPSA) is 46.2 Å². The molecule has 0 amide bonds. The molecule has 1 rings (SSSR count). The Balaban J connectivity index is 2.70. The number of nitrogens with two attached hydrogens (primary N) is 1. The smallest absolute Gasteiger partial charge is 0.123 e. The SMILES string of the molecule is NCCC(O)Cc1cc(F)ccc1Br. The first kappa shape index (κ1) is 11.6. The van der Waals surface area contributed by atoms with Gasteiger partial charge in [0, 0.05) is 4.47 Å². The van der Waals surface area contributed by atoms with E-state index in [9.17, 15) is 9.50 Å². The van der Waals surface area contributed by atoms with Gasteiger partial charge in [-0.15, -0.1) is 0 Å². The molecule has 0 saturated carbocycles. The summed E-state index contributed by atoms with van der Waals surface area (Å²) in [5.41, 5.74) is 6.07. The fourth-order valence-corrected chi connectivity index (χ4v) is 1.66. The van der Waals surface area contributed by atoms with Crippen LogP contribution in [0.3, 0.4) is 0 Å². The van der Waals surface area contributed by atoms with Gasteiger partial charge in [0.2, 0.25) is 0 Å². The minimum Gasteiger partial charge on any atom is -0.393 e. The molecule has 4 heteroatoms. The Hall–Kier alpha value is -0.450. The van der Waals surface area contributed by atoms with Crippen LogP contribution in [0.25, 0.3) is 0 Å². The zero-order valence-electron chi connectivity index (χ0n) is 7.71. The van der Waals surface area contributed by atoms with Gasteiger partial charge in [-0.25, -0.2) is 4.39 Å². The Morgan fingerprint density at radius 1 is 1.50 bits per heavy atom. The summed E-state index contributed by atoms with van der Waals surface area (Å²) in [4.78, 5) is 0. The molecule has 0 saturated heterocycles. The molecule has 0 aromatic heterocycles. The number of aliphatic hydroxyl groups is 1. The van der Waals surface area contributed by atoms with Gasteiger partial charge in [-0.3, -0.25) is 0 Å². The molecule has 0 heterocycles. The van der Waals surface area contributed by atoms with Crippen molar-refractivity contribution in [2.45, 2.75) is 18.9 Å². The molecule has 3 N–H and O–H groups in total. The summed E-state index contributed by atoms with van der Waals surface area (Å²) < 4.78 is 13.7. The van der Waals surface area contributed by atoms with Gasteiger partial charge in [0.1, 0.15) is 5.82 Å². The van der Waals surface area contributed by atoms with Crippen molar-refractivity contribution >= 4 is 15.9 Å². The number of hydrogen-bond donors (Lipinski definition) is 2. The average molecular weight is 262 g/mol. The molecule has 78 valence electrons. The summed E-state index contributed by atoms with van der Waals surface area (Å²) in [6.07, 6.45) is 0.455. The van der Waals surface area contributed by atoms with E-state index in [0.29, 0.717) is 19.4 Å². The fraction of sp³-hybridized carbons (Fsp3) is 0.400. The Morgan fingerprint density at radius 2 is 2.21 bits per heavy atom. The first-order valence-electron chi connectivity index (χ1n) is 4.45. The van der Waals surface area contributed by atoms with E-state index >= 15 is 0 Å². The molecule has 1 unspecified atom stereocenters. The van der Waals surface area contributed by atoms with Crippen LogP contribution in [0.2, 0.25) is 0 Å². The molecule has 1 atom stereocenters. The van der Waals surface area contributed by atoms with Crippen LogP contribution in [-0.4, -0.2) is 17.8 Å². The first-order valence-corrected chi connectivity index (χ1v) is 5.25. The van der Waals surface area contributed by atoms with E-state index in [1.165, 1.54) is 12.1 Å². The lowest BCUT2D eigenvalue weighted by Gasteiger charge is -2.10. The molecule has 0 fully saturated rings. The highest BCUT2D eigenvalue weighted by Crippen LogP contribution is 2.19. The Morgan fingerprint density at radius 3 is 2.86 bits per heavy atom. The number of halogens is 2. The highest BCUT2D eigenvalue weighted by atomic mass is 79.9. The number of rotatable bonds is 4. The van der Waals surface area contributed by atoms with Crippen molar-refractivity contribution in [3.05, 3.63) is 34.1 Å². The molecule has 0 aliphatic rings. The maximum Gasteiger partial charge on any atom is 0.123 e. The van der Waals surface area contributed by atoms with Crippen molar-refractivity contribution in [3.8, 4) is 0 Å². The summed E-state index contributed by atoms with van der Waals surface area (Å²) in [6, 6.07) is 4.44. The second-order valence-corrected chi connectivity index (χ2v) is 4.03. The monoisotopic (exact) mass is 261 g/mol. The second-order valence-electron chi connectivity index (χ2n) is 3.17. The maximum absolute atomic E-state index is 12.9. The van der Waals surface area contributed by atoms with Crippen molar-refractivity contribution in [2.24, 2.45) is 5.73 Å². The highest BCUT2D eigenvalue weighted by Gasteiger charge is 2.08. The number of hydrogen-bond acceptors (Lipinski definition) is 2. The summed E-state index contributed by atoms with van der Waals surface area (Å²) >= 11 is 3.30. The molecule has 0 aliphatic carbocycles. The minimum atomic E-state index is -0.502. The molecule has 1 aromatic rings. The lowest BCUT2D eigenvalue weighted by molar-refractivity contribution is 0.167. The average Bonchev–Trinajstić information content (AvgIpc) is 2.12. The van der Waals surface area contributed by atoms with Crippen LogP contribution >= 0.6 is 15.9 Å². The zero-order valence-corrected chi connectivity index (χ0v) is 9.30. The van der Waals surface area contributed by atoms with Crippen LogP contribution in [0.4, 0.5) is 4.39 Å². The van der Waals surface area contributed by atoms with Crippen LogP contribution in [0.15, 0.2) is 22.7 Å². The van der Waals surface area contributed by atoms with E-state index in [1.54, 1.807) is 6.07 Å². The number of benzene rings is 1. The standard InChI is InChI=1S/C10H13BrFNO/c11-10-2-1-8(12)5-7(10)6-9(14)3-4-13/h1-2,5,9,14H,3-4,6,13H2. The van der Waals surface area contributed by atoms with E-state index in [4.69, 9.17) is 5.73 Å². The van der Waals surface area contributed by atoms with Crippen LogP contribution < -0.4 is 5.73 Å². The number of aliphatic hydroxyl groups excluding tert-OH is 1. The van der Waals surface area contributed by atoms with Crippen molar-refractivity contribution in [3.63, 3.8) is 0 Å². The summed E-state index contributed by atoms with van der Waals surface area (Å²) in [7, 11) is 0. The third-order valence-electron chi connectivity index (χ3n) is 1.96. The first-order chi connectivity index (χ1) is 6.63. The van der Waals surface area contributed by atoms with Gasteiger partial charge < -0.3 is 10.8 Å². The predicted molar refractivity (Wildman–Crippen MR) is 57.5 cm³/mol. The minimum absolute atomic E-state index is 0.289. The zero-order chi connectivity index (χ0) is 10.6. The molecule has 0 aliphatic heterocycles. The molecule has 0 spiro atoms. The fourth-order valence-electron chi connectivity index (χ4n) is 1.25. The van der Waals surface area contributed by atoms with Crippen LogP contribution in [0, 0.1) is 5.82 Å². The van der Waals surface area contributed by atoms with Crippen molar-refractivity contribution in [2.75, 3.05) is 6.54 Å². The predicted octanol–water partition coefficient (Wildman–Crippen LogP) is 1.84. The molecular formula is C10H13BrFNO. The molecule has 0 bridgehead atoms. The van der Waals surface area contributed by atoms with E-state index in [-0.39, 0.29) is 5.82 Å². The van der Waals surface area contributed by atoms with E-state index < -0.39 is 6.10 Å². The quantitative estimate of drug-likeness (QED) is 0.869. The van der Waals surface area contributed by atoms with Gasteiger partial charge in [-0.1, -0.05) is 15.9 Å². The molecule has 0 radical (unpaired) electrons. The lowest BCUT2D eigenvalue weighted by atomic mass is 10.1. The molecule has 14 heavy (non-hydrogen) atoms. The molecule has 1 aromatic carbocycles. The highest BCUT2D eigenvalue weighted by molar-refractivity contribution is 9.10. The Bertz CT molecular complexity index is 306. The van der Waals surface area contributed by atoms with Gasteiger partial charge in [0.25, 0.3) is 0 Å². The van der Waals surface area contributed by atoms with Gasteiger partial charge in [0.15, 0.2) is 0 Å². The van der Waals surface area contributed by atoms with Crippen LogP contribution in [0.5, 0.6) is 0 Å². The van der Waals surface area contributed by atoms with Gasteiger partial charge in [0.05, 0.1) is 6.10 Å². The maximum atomic E-state index is 12.9. The normalized spacial score (nSPS) is 12.9. The lowest BCUT2D eigenvalue weighted by Crippen LogP contribution is -2.16. The molecule has 2 nitrogen and oxygen atoms in total. The summed E-state index contributed by atoms with van der Waals surface area (Å²) in [6.45, 7) is 0.439. The van der Waals surface area contributed by atoms with Gasteiger partial charge in [-0.05, 0) is 43.1 Å². The third kappa shape index (κ3) is 3.36. The third-order valence-corrected chi connectivity index (χ3v) is 2.74. The summed E-state index contributed by atoms with van der Waals surface area (Å²) in [5.74, 6) is -0.289. The Kier molecular flexibility index (Phi) is 4.51. The van der Waals surface area contributed by atoms with Crippen LogP contribution in [0.1, 0.15) is 12.0 Å². The van der Waals surface area contributed by atoms with Crippen molar-refractivity contribution < 1.29 is 9.50 Å². The molecular weight excluding hydrogens is 249 g/mol. The summed E-state index contributed by atoms with van der Waals surface area (Å²) in [5, 5.41) is 9.49. The largest absolute Gasteiger partial charge is 0.393 e. The second kappa shape index (κ2) is 5.44. The van der Waals surface area contributed by atoms with Crippen LogP contribution in [-0.2, 0) is 6.42 Å². The van der Waals surface area contributed by atoms with E-state index in [2.05, 4.69) is 15.9 Å². The van der Waals surface area contributed by atoms with Crippen molar-refractivity contribution in [1.29, 1.82) is 0 Å². The van der Waals surface area contributed by atoms with Gasteiger partial charge >= 0.3 is 0 Å². The Labute approximate surface area is 91.1 Å².